The SMILES string of the molecule is C(=C\c1ccc(N(c2ccccc2)c2ccc(N(c3ccccc3)c3cccc(/C=C/c4ccccc4)c3)c3ccccc23)cc1)/c1ccccc1. The molecule has 0 radical (unpaired) electrons. The van der Waals surface area contributed by atoms with E-state index in [0.29, 0.717) is 0 Å². The zero-order valence-electron chi connectivity index (χ0n) is 28.8. The molecule has 0 aromatic heterocycles. The van der Waals surface area contributed by atoms with Gasteiger partial charge in [-0.1, -0.05) is 170 Å². The minimum atomic E-state index is 1.10. The van der Waals surface area contributed by atoms with Gasteiger partial charge in [-0.25, -0.2) is 0 Å². The van der Waals surface area contributed by atoms with E-state index in [1.54, 1.807) is 0 Å². The fraction of sp³-hybridized carbons (Fsp3) is 0. The van der Waals surface area contributed by atoms with E-state index in [1.807, 2.05) is 12.1 Å². The number of hydrogen-bond acceptors (Lipinski definition) is 2. The van der Waals surface area contributed by atoms with Gasteiger partial charge in [0.2, 0.25) is 0 Å². The molecule has 0 fully saturated rings. The van der Waals surface area contributed by atoms with Gasteiger partial charge < -0.3 is 9.80 Å². The molecular weight excluding hydrogens is 629 g/mol. The number of rotatable bonds is 10. The van der Waals surface area contributed by atoms with Crippen LogP contribution in [0, 0.1) is 0 Å². The van der Waals surface area contributed by atoms with Crippen molar-refractivity contribution in [2.24, 2.45) is 0 Å². The maximum Gasteiger partial charge on any atom is 0.0541 e. The number of benzene rings is 8. The molecule has 0 spiro atoms. The lowest BCUT2D eigenvalue weighted by atomic mass is 10.0. The van der Waals surface area contributed by atoms with Gasteiger partial charge in [0, 0.05) is 33.5 Å². The third-order valence-electron chi connectivity index (χ3n) is 9.20. The van der Waals surface area contributed by atoms with Crippen molar-refractivity contribution in [3.8, 4) is 0 Å². The van der Waals surface area contributed by atoms with Crippen LogP contribution in [-0.4, -0.2) is 0 Å². The Hall–Kier alpha value is -6.90. The van der Waals surface area contributed by atoms with E-state index < -0.39 is 0 Å². The Morgan fingerprint density at radius 3 is 1.10 bits per heavy atom. The van der Waals surface area contributed by atoms with Crippen LogP contribution in [0.15, 0.2) is 206 Å². The Labute approximate surface area is 306 Å². The van der Waals surface area contributed by atoms with Gasteiger partial charge in [-0.2, -0.15) is 0 Å². The molecule has 8 rings (SSSR count). The normalized spacial score (nSPS) is 11.3. The molecule has 52 heavy (non-hydrogen) atoms. The molecule has 0 bridgehead atoms. The van der Waals surface area contributed by atoms with Gasteiger partial charge >= 0.3 is 0 Å². The molecule has 0 amide bonds. The fourth-order valence-corrected chi connectivity index (χ4v) is 6.68. The molecule has 0 aliphatic rings. The molecule has 2 heteroatoms. The lowest BCUT2D eigenvalue weighted by Gasteiger charge is -2.30. The predicted octanol–water partition coefficient (Wildman–Crippen LogP) is 14.1. The summed E-state index contributed by atoms with van der Waals surface area (Å²) in [6.45, 7) is 0. The van der Waals surface area contributed by atoms with Crippen molar-refractivity contribution < 1.29 is 0 Å². The molecule has 0 unspecified atom stereocenters. The number of nitrogens with zero attached hydrogens (tertiary/aromatic N) is 2. The van der Waals surface area contributed by atoms with E-state index in [0.717, 1.165) is 56.0 Å². The maximum atomic E-state index is 2.37. The van der Waals surface area contributed by atoms with E-state index in [-0.39, 0.29) is 0 Å². The van der Waals surface area contributed by atoms with Crippen molar-refractivity contribution in [1.29, 1.82) is 0 Å². The maximum absolute atomic E-state index is 2.37. The highest BCUT2D eigenvalue weighted by atomic mass is 15.2. The minimum Gasteiger partial charge on any atom is -0.310 e. The first-order chi connectivity index (χ1) is 25.8. The van der Waals surface area contributed by atoms with Crippen LogP contribution in [-0.2, 0) is 0 Å². The van der Waals surface area contributed by atoms with Crippen LogP contribution in [0.2, 0.25) is 0 Å². The summed E-state index contributed by atoms with van der Waals surface area (Å²) in [4.78, 5) is 4.73. The van der Waals surface area contributed by atoms with Crippen molar-refractivity contribution in [1.82, 2.24) is 0 Å². The molecule has 8 aromatic carbocycles. The van der Waals surface area contributed by atoms with Crippen molar-refractivity contribution in [2.45, 2.75) is 0 Å². The van der Waals surface area contributed by atoms with Crippen LogP contribution in [0.3, 0.4) is 0 Å². The van der Waals surface area contributed by atoms with Crippen LogP contribution < -0.4 is 9.80 Å². The largest absolute Gasteiger partial charge is 0.310 e. The first-order valence-electron chi connectivity index (χ1n) is 17.7. The summed E-state index contributed by atoms with van der Waals surface area (Å²) in [6, 6.07) is 73.0. The Morgan fingerprint density at radius 1 is 0.250 bits per heavy atom. The van der Waals surface area contributed by atoms with E-state index in [9.17, 15) is 0 Å². The zero-order chi connectivity index (χ0) is 35.0. The Kier molecular flexibility index (Phi) is 9.53. The van der Waals surface area contributed by atoms with Crippen LogP contribution >= 0.6 is 0 Å². The summed E-state index contributed by atoms with van der Waals surface area (Å²) in [5.74, 6) is 0. The highest BCUT2D eigenvalue weighted by molar-refractivity contribution is 6.07. The number of anilines is 6. The Balaban J connectivity index is 1.22. The molecule has 2 nitrogen and oxygen atoms in total. The lowest BCUT2D eigenvalue weighted by Crippen LogP contribution is -2.13. The fourth-order valence-electron chi connectivity index (χ4n) is 6.68. The van der Waals surface area contributed by atoms with Crippen LogP contribution in [0.1, 0.15) is 22.3 Å². The summed E-state index contributed by atoms with van der Waals surface area (Å²) in [6.07, 6.45) is 8.68. The molecule has 0 saturated carbocycles. The van der Waals surface area contributed by atoms with Crippen molar-refractivity contribution >= 4 is 69.2 Å². The molecule has 0 atom stereocenters. The topological polar surface area (TPSA) is 6.48 Å². The smallest absolute Gasteiger partial charge is 0.0541 e. The molecular formula is C50H38N2. The highest BCUT2D eigenvalue weighted by Gasteiger charge is 2.20. The van der Waals surface area contributed by atoms with Crippen molar-refractivity contribution in [3.63, 3.8) is 0 Å². The lowest BCUT2D eigenvalue weighted by molar-refractivity contribution is 1.27. The van der Waals surface area contributed by atoms with E-state index in [1.165, 1.54) is 11.1 Å². The van der Waals surface area contributed by atoms with Gasteiger partial charge in [-0.3, -0.25) is 0 Å². The summed E-state index contributed by atoms with van der Waals surface area (Å²) >= 11 is 0. The molecule has 0 saturated heterocycles. The molecule has 0 N–H and O–H groups in total. The Morgan fingerprint density at radius 2 is 0.596 bits per heavy atom. The summed E-state index contributed by atoms with van der Waals surface area (Å²) in [5, 5.41) is 2.33. The molecule has 0 aliphatic heterocycles. The average molecular weight is 667 g/mol. The third kappa shape index (κ3) is 7.19. The van der Waals surface area contributed by atoms with Gasteiger partial charge in [-0.15, -0.1) is 0 Å². The molecule has 0 aliphatic carbocycles. The van der Waals surface area contributed by atoms with E-state index in [4.69, 9.17) is 0 Å². The summed E-state index contributed by atoms with van der Waals surface area (Å²) in [7, 11) is 0. The molecule has 0 heterocycles. The second-order valence-corrected chi connectivity index (χ2v) is 12.7. The standard InChI is InChI=1S/C50H38N2/c1-5-16-39(17-6-1)28-29-41-32-34-45(35-33-41)51(43-21-9-3-10-22-43)49-36-37-50(48-27-14-13-26-47(48)49)52(44-23-11-4-12-24-44)46-25-15-20-42(38-46)31-30-40-18-7-2-8-19-40/h1-38H/b29-28+,31-30+. The Bertz CT molecular complexity index is 2430. The third-order valence-corrected chi connectivity index (χ3v) is 9.20. The second-order valence-electron chi connectivity index (χ2n) is 12.7. The highest BCUT2D eigenvalue weighted by Crippen LogP contribution is 2.45. The zero-order valence-corrected chi connectivity index (χ0v) is 28.8. The minimum absolute atomic E-state index is 1.10. The van der Waals surface area contributed by atoms with Crippen LogP contribution in [0.4, 0.5) is 34.1 Å². The first kappa shape index (κ1) is 32.3. The van der Waals surface area contributed by atoms with Crippen LogP contribution in [0.25, 0.3) is 35.1 Å². The average Bonchev–Trinajstić information content (AvgIpc) is 3.22. The monoisotopic (exact) mass is 666 g/mol. The van der Waals surface area contributed by atoms with E-state index in [2.05, 4.69) is 228 Å². The van der Waals surface area contributed by atoms with Gasteiger partial charge in [0.25, 0.3) is 0 Å². The quantitative estimate of drug-likeness (QED) is 0.134. The van der Waals surface area contributed by atoms with Gasteiger partial charge in [-0.05, 0) is 82.9 Å². The first-order valence-corrected chi connectivity index (χ1v) is 17.7. The van der Waals surface area contributed by atoms with Gasteiger partial charge in [0.15, 0.2) is 0 Å². The number of para-hydroxylation sites is 2. The molecule has 248 valence electrons. The number of fused-ring (bicyclic) bond motifs is 1. The van der Waals surface area contributed by atoms with Crippen molar-refractivity contribution in [2.75, 3.05) is 9.80 Å². The van der Waals surface area contributed by atoms with Gasteiger partial charge in [0.05, 0.1) is 11.4 Å². The van der Waals surface area contributed by atoms with E-state index >= 15 is 0 Å². The second kappa shape index (κ2) is 15.3. The summed E-state index contributed by atoms with van der Waals surface area (Å²) in [5.41, 5.74) is 11.3. The van der Waals surface area contributed by atoms with Crippen molar-refractivity contribution in [3.05, 3.63) is 229 Å². The predicted molar refractivity (Wildman–Crippen MR) is 224 cm³/mol. The molecule has 8 aromatic rings. The van der Waals surface area contributed by atoms with Crippen LogP contribution in [0.5, 0.6) is 0 Å². The summed E-state index contributed by atoms with van der Waals surface area (Å²) < 4.78 is 0. The number of hydrogen-bond donors (Lipinski definition) is 0. The van der Waals surface area contributed by atoms with Gasteiger partial charge in [0.1, 0.15) is 0 Å².